The van der Waals surface area contributed by atoms with Crippen LogP contribution in [0.15, 0.2) is 17.3 Å². The lowest BCUT2D eigenvalue weighted by atomic mass is 10.1. The van der Waals surface area contributed by atoms with Gasteiger partial charge in [-0.25, -0.2) is 9.78 Å². The maximum absolute atomic E-state index is 11.0. The molecule has 1 aliphatic heterocycles. The Hall–Kier alpha value is -1.80. The zero-order valence-electron chi connectivity index (χ0n) is 14.9. The van der Waals surface area contributed by atoms with Crippen LogP contribution in [0.4, 0.5) is 0 Å². The Kier molecular flexibility index (Phi) is 6.29. The second kappa shape index (κ2) is 8.05. The quantitative estimate of drug-likeness (QED) is 0.727. The number of hydrogen-bond donors (Lipinski definition) is 2. The van der Waals surface area contributed by atoms with Gasteiger partial charge in [-0.05, 0) is 27.7 Å². The van der Waals surface area contributed by atoms with Crippen LogP contribution in [0.25, 0.3) is 0 Å². The Balaban J connectivity index is 2.04. The molecule has 8 heteroatoms. The van der Waals surface area contributed by atoms with Crippen LogP contribution in [-0.4, -0.2) is 56.3 Å². The molecule has 1 aromatic heterocycles. The fourth-order valence-electron chi connectivity index (χ4n) is 2.20. The highest BCUT2D eigenvalue weighted by Crippen LogP contribution is 2.31. The Bertz CT molecular complexity index is 660. The number of rotatable bonds is 8. The molecule has 2 N–H and O–H groups in total. The van der Waals surface area contributed by atoms with Crippen molar-refractivity contribution in [2.45, 2.75) is 51.9 Å². The number of carbonyl (C=O) groups is 1. The molecule has 1 atom stereocenters. The van der Waals surface area contributed by atoms with Gasteiger partial charge in [0.05, 0.1) is 18.9 Å². The first-order chi connectivity index (χ1) is 11.7. The summed E-state index contributed by atoms with van der Waals surface area (Å²) in [6, 6.07) is 0.682. The monoisotopic (exact) mass is 368 g/mol. The third-order valence-corrected chi connectivity index (χ3v) is 4.59. The molecular weight excluding hydrogens is 344 g/mol. The summed E-state index contributed by atoms with van der Waals surface area (Å²) in [6.07, 6.45) is 2.37. The van der Waals surface area contributed by atoms with Crippen molar-refractivity contribution < 1.29 is 24.5 Å². The number of aromatic hydroxyl groups is 1. The molecule has 0 bridgehead atoms. The minimum atomic E-state index is -0.979. The zero-order chi connectivity index (χ0) is 18.6. The third kappa shape index (κ3) is 5.61. The topological polar surface area (TPSA) is 101 Å². The van der Waals surface area contributed by atoms with Crippen molar-refractivity contribution in [3.63, 3.8) is 0 Å². The average molecular weight is 368 g/mol. The number of ether oxygens (including phenoxy) is 2. The number of thioether (sulfide) groups is 1. The number of pyridine rings is 1. The van der Waals surface area contributed by atoms with Gasteiger partial charge in [0.15, 0.2) is 6.04 Å². The van der Waals surface area contributed by atoms with Crippen LogP contribution >= 0.6 is 11.8 Å². The van der Waals surface area contributed by atoms with Gasteiger partial charge >= 0.3 is 5.97 Å². The van der Waals surface area contributed by atoms with Crippen molar-refractivity contribution >= 4 is 22.8 Å². The SMILES string of the molecule is CC(C)OCCC(C)(C)Oc1cnc(C2=N[C@@H](C(=O)O)CS2)c(O)c1. The summed E-state index contributed by atoms with van der Waals surface area (Å²) in [4.78, 5) is 19.2. The molecule has 0 spiro atoms. The van der Waals surface area contributed by atoms with E-state index in [0.29, 0.717) is 29.6 Å². The summed E-state index contributed by atoms with van der Waals surface area (Å²) in [5.74, 6) is -0.280. The van der Waals surface area contributed by atoms with E-state index in [1.165, 1.54) is 24.0 Å². The predicted molar refractivity (Wildman–Crippen MR) is 96.7 cm³/mol. The highest BCUT2D eigenvalue weighted by atomic mass is 32.2. The molecule has 2 rings (SSSR count). The molecule has 0 aromatic carbocycles. The van der Waals surface area contributed by atoms with Gasteiger partial charge in [-0.15, -0.1) is 11.8 Å². The first-order valence-electron chi connectivity index (χ1n) is 8.11. The molecular formula is C17H24N2O5S. The summed E-state index contributed by atoms with van der Waals surface area (Å²) in [5.41, 5.74) is -0.194. The van der Waals surface area contributed by atoms with E-state index >= 15 is 0 Å². The number of aromatic nitrogens is 1. The molecule has 0 fully saturated rings. The lowest BCUT2D eigenvalue weighted by Crippen LogP contribution is -2.30. The van der Waals surface area contributed by atoms with Gasteiger partial charge in [0, 0.05) is 18.2 Å². The third-order valence-electron chi connectivity index (χ3n) is 3.53. The molecule has 0 aliphatic carbocycles. The fraction of sp³-hybridized carbons (Fsp3) is 0.588. The van der Waals surface area contributed by atoms with Crippen LogP contribution in [0.1, 0.15) is 39.8 Å². The van der Waals surface area contributed by atoms with Crippen molar-refractivity contribution in [2.24, 2.45) is 4.99 Å². The van der Waals surface area contributed by atoms with Gasteiger partial charge < -0.3 is 19.7 Å². The van der Waals surface area contributed by atoms with Crippen molar-refractivity contribution in [3.05, 3.63) is 18.0 Å². The number of carboxylic acid groups (broad SMARTS) is 1. The van der Waals surface area contributed by atoms with Gasteiger partial charge in [0.2, 0.25) is 0 Å². The van der Waals surface area contributed by atoms with Gasteiger partial charge in [-0.1, -0.05) is 0 Å². The maximum atomic E-state index is 11.0. The predicted octanol–water partition coefficient (Wildman–Crippen LogP) is 2.71. The number of aliphatic imine (C=N–C) groups is 1. The summed E-state index contributed by atoms with van der Waals surface area (Å²) < 4.78 is 11.4. The summed E-state index contributed by atoms with van der Waals surface area (Å²) in [6.45, 7) is 8.42. The van der Waals surface area contributed by atoms with Gasteiger partial charge in [-0.3, -0.25) is 4.99 Å². The Morgan fingerprint density at radius 1 is 1.48 bits per heavy atom. The van der Waals surface area contributed by atoms with E-state index in [4.69, 9.17) is 14.6 Å². The van der Waals surface area contributed by atoms with E-state index < -0.39 is 17.6 Å². The zero-order valence-corrected chi connectivity index (χ0v) is 15.7. The Morgan fingerprint density at radius 2 is 2.20 bits per heavy atom. The fourth-order valence-corrected chi connectivity index (χ4v) is 3.22. The molecule has 0 amide bonds. The standard InChI is InChI=1S/C17H24N2O5S/c1-10(2)23-6-5-17(3,4)24-11-7-13(20)14(18-8-11)15-19-12(9-25-15)16(21)22/h7-8,10,12,20H,5-6,9H2,1-4H3,(H,21,22)/t12-/m1/s1. The first-order valence-corrected chi connectivity index (χ1v) is 9.10. The number of hydrogen-bond acceptors (Lipinski definition) is 7. The van der Waals surface area contributed by atoms with E-state index in [1.54, 1.807) is 0 Å². The van der Waals surface area contributed by atoms with E-state index in [0.717, 1.165) is 0 Å². The molecule has 2 heterocycles. The van der Waals surface area contributed by atoms with Crippen LogP contribution in [-0.2, 0) is 9.53 Å². The normalized spacial score (nSPS) is 17.6. The highest BCUT2D eigenvalue weighted by Gasteiger charge is 2.28. The van der Waals surface area contributed by atoms with Crippen LogP contribution in [0.3, 0.4) is 0 Å². The smallest absolute Gasteiger partial charge is 0.329 e. The molecule has 138 valence electrons. The van der Waals surface area contributed by atoms with Gasteiger partial charge in [-0.2, -0.15) is 0 Å². The molecule has 0 saturated heterocycles. The van der Waals surface area contributed by atoms with Crippen LogP contribution in [0.5, 0.6) is 11.5 Å². The second-order valence-corrected chi connectivity index (χ2v) is 7.68. The molecule has 1 aliphatic rings. The lowest BCUT2D eigenvalue weighted by molar-refractivity contribution is -0.137. The van der Waals surface area contributed by atoms with Crippen LogP contribution in [0, 0.1) is 0 Å². The van der Waals surface area contributed by atoms with Gasteiger partial charge in [0.1, 0.15) is 27.8 Å². The van der Waals surface area contributed by atoms with E-state index in [1.807, 2.05) is 27.7 Å². The van der Waals surface area contributed by atoms with E-state index in [-0.39, 0.29) is 17.5 Å². The second-order valence-electron chi connectivity index (χ2n) is 6.67. The largest absolute Gasteiger partial charge is 0.505 e. The van der Waals surface area contributed by atoms with E-state index in [2.05, 4.69) is 9.98 Å². The molecule has 0 radical (unpaired) electrons. The lowest BCUT2D eigenvalue weighted by Gasteiger charge is -2.26. The van der Waals surface area contributed by atoms with Crippen molar-refractivity contribution in [1.82, 2.24) is 4.98 Å². The average Bonchev–Trinajstić information content (AvgIpc) is 2.96. The highest BCUT2D eigenvalue weighted by molar-refractivity contribution is 8.14. The summed E-state index contributed by atoms with van der Waals surface area (Å²) in [7, 11) is 0. The molecule has 25 heavy (non-hydrogen) atoms. The molecule has 7 nitrogen and oxygen atoms in total. The van der Waals surface area contributed by atoms with Crippen LogP contribution in [0.2, 0.25) is 0 Å². The number of nitrogens with zero attached hydrogens (tertiary/aromatic N) is 2. The van der Waals surface area contributed by atoms with Crippen molar-refractivity contribution in [3.8, 4) is 11.5 Å². The van der Waals surface area contributed by atoms with E-state index in [9.17, 15) is 9.90 Å². The molecule has 1 aromatic rings. The van der Waals surface area contributed by atoms with Crippen molar-refractivity contribution in [2.75, 3.05) is 12.4 Å². The Labute approximate surface area is 151 Å². The number of aliphatic carboxylic acids is 1. The maximum Gasteiger partial charge on any atom is 0.329 e. The minimum Gasteiger partial charge on any atom is -0.505 e. The number of carboxylic acids is 1. The summed E-state index contributed by atoms with van der Waals surface area (Å²) in [5, 5.41) is 19.6. The van der Waals surface area contributed by atoms with Crippen LogP contribution < -0.4 is 4.74 Å². The molecule has 0 unspecified atom stereocenters. The summed E-state index contributed by atoms with van der Waals surface area (Å²) >= 11 is 1.27. The first kappa shape index (κ1) is 19.5. The molecule has 0 saturated carbocycles. The Morgan fingerprint density at radius 3 is 2.76 bits per heavy atom. The van der Waals surface area contributed by atoms with Crippen molar-refractivity contribution in [1.29, 1.82) is 0 Å². The van der Waals surface area contributed by atoms with Gasteiger partial charge in [0.25, 0.3) is 0 Å². The minimum absolute atomic E-state index is 0.0796.